The van der Waals surface area contributed by atoms with Gasteiger partial charge in [0, 0.05) is 32.2 Å². The van der Waals surface area contributed by atoms with Crippen LogP contribution in [0.25, 0.3) is 0 Å². The Balaban J connectivity index is 1.78. The van der Waals surface area contributed by atoms with Crippen molar-refractivity contribution >= 4 is 15.8 Å². The molecule has 1 aliphatic heterocycles. The minimum Gasteiger partial charge on any atom is -0.481 e. The van der Waals surface area contributed by atoms with Crippen LogP contribution in [0.2, 0.25) is 0 Å². The number of nitrogens with zero attached hydrogens (tertiary/aromatic N) is 4. The maximum absolute atomic E-state index is 13.9. The van der Waals surface area contributed by atoms with E-state index in [1.54, 1.807) is 13.0 Å². The van der Waals surface area contributed by atoms with E-state index in [1.165, 1.54) is 7.11 Å². The smallest absolute Gasteiger partial charge is 0.246 e. The number of aromatic nitrogens is 2. The third kappa shape index (κ3) is 3.61. The Kier molecular flexibility index (Phi) is 5.05. The van der Waals surface area contributed by atoms with Crippen molar-refractivity contribution in [1.29, 1.82) is 0 Å². The molecule has 0 amide bonds. The van der Waals surface area contributed by atoms with Crippen LogP contribution in [0, 0.1) is 18.6 Å². The van der Waals surface area contributed by atoms with Crippen molar-refractivity contribution in [2.75, 3.05) is 38.2 Å². The third-order valence-corrected chi connectivity index (χ3v) is 6.00. The highest BCUT2D eigenvalue weighted by Crippen LogP contribution is 2.24. The summed E-state index contributed by atoms with van der Waals surface area (Å²) in [6, 6.07) is 4.07. The van der Waals surface area contributed by atoms with Gasteiger partial charge < -0.3 is 9.64 Å². The van der Waals surface area contributed by atoms with Crippen LogP contribution in [0.4, 0.5) is 14.6 Å². The molecule has 140 valence electrons. The first kappa shape index (κ1) is 18.5. The number of halogens is 2. The first-order valence-electron chi connectivity index (χ1n) is 7.91. The lowest BCUT2D eigenvalue weighted by atomic mass is 10.3. The van der Waals surface area contributed by atoms with Crippen molar-refractivity contribution in [3.8, 4) is 5.88 Å². The molecule has 7 nitrogen and oxygen atoms in total. The van der Waals surface area contributed by atoms with Gasteiger partial charge in [0.05, 0.1) is 7.11 Å². The average molecular weight is 384 g/mol. The highest BCUT2D eigenvalue weighted by Gasteiger charge is 2.31. The lowest BCUT2D eigenvalue weighted by molar-refractivity contribution is 0.378. The number of methoxy groups -OCH3 is 1. The van der Waals surface area contributed by atoms with Gasteiger partial charge in [0.25, 0.3) is 0 Å². The largest absolute Gasteiger partial charge is 0.481 e. The molecule has 10 heteroatoms. The van der Waals surface area contributed by atoms with Gasteiger partial charge >= 0.3 is 0 Å². The molecule has 0 aliphatic carbocycles. The van der Waals surface area contributed by atoms with Crippen LogP contribution in [0.1, 0.15) is 5.82 Å². The molecule has 3 rings (SSSR count). The van der Waals surface area contributed by atoms with Crippen LogP contribution in [0.3, 0.4) is 0 Å². The van der Waals surface area contributed by atoms with Crippen molar-refractivity contribution in [2.24, 2.45) is 0 Å². The lowest BCUT2D eigenvalue weighted by Gasteiger charge is -2.34. The van der Waals surface area contributed by atoms with E-state index in [1.807, 2.05) is 4.90 Å². The Morgan fingerprint density at radius 3 is 2.42 bits per heavy atom. The quantitative estimate of drug-likeness (QED) is 0.797. The maximum Gasteiger partial charge on any atom is 0.246 e. The van der Waals surface area contributed by atoms with Crippen molar-refractivity contribution in [2.45, 2.75) is 11.8 Å². The average Bonchev–Trinajstić information content (AvgIpc) is 2.63. The standard InChI is InChI=1S/C16H18F2N4O3S/c1-11-19-15(10-16(20-11)25-2)21-5-7-22(8-6-21)26(23,24)14-9-12(17)3-4-13(14)18/h3-4,9-10H,5-8H2,1-2H3. The molecule has 0 unspecified atom stereocenters. The summed E-state index contributed by atoms with van der Waals surface area (Å²) in [4.78, 5) is 9.70. The fourth-order valence-electron chi connectivity index (χ4n) is 2.76. The van der Waals surface area contributed by atoms with E-state index in [0.717, 1.165) is 16.4 Å². The number of piperazine rings is 1. The van der Waals surface area contributed by atoms with E-state index >= 15 is 0 Å². The molecule has 2 aromatic rings. The number of hydrogen-bond donors (Lipinski definition) is 0. The van der Waals surface area contributed by atoms with Gasteiger partial charge in [-0.2, -0.15) is 9.29 Å². The second-order valence-electron chi connectivity index (χ2n) is 5.78. The first-order chi connectivity index (χ1) is 12.3. The van der Waals surface area contributed by atoms with Gasteiger partial charge in [-0.25, -0.2) is 22.2 Å². The maximum atomic E-state index is 13.9. The van der Waals surface area contributed by atoms with Gasteiger partial charge in [-0.05, 0) is 25.1 Å². The van der Waals surface area contributed by atoms with Crippen LogP contribution in [-0.4, -0.2) is 56.0 Å². The second kappa shape index (κ2) is 7.12. The topological polar surface area (TPSA) is 75.6 Å². The number of sulfonamides is 1. The van der Waals surface area contributed by atoms with E-state index in [2.05, 4.69) is 9.97 Å². The number of ether oxygens (including phenoxy) is 1. The Morgan fingerprint density at radius 1 is 1.08 bits per heavy atom. The van der Waals surface area contributed by atoms with Gasteiger partial charge in [0.2, 0.25) is 15.9 Å². The van der Waals surface area contributed by atoms with Gasteiger partial charge in [-0.15, -0.1) is 0 Å². The Bertz CT molecular complexity index is 916. The van der Waals surface area contributed by atoms with Crippen LogP contribution >= 0.6 is 0 Å². The van der Waals surface area contributed by atoms with Gasteiger partial charge in [-0.1, -0.05) is 0 Å². The predicted octanol–water partition coefficient (Wildman–Crippen LogP) is 1.58. The normalized spacial score (nSPS) is 15.9. The van der Waals surface area contributed by atoms with Crippen LogP contribution in [0.5, 0.6) is 5.88 Å². The van der Waals surface area contributed by atoms with Gasteiger partial charge in [0.15, 0.2) is 0 Å². The zero-order chi connectivity index (χ0) is 18.9. The molecule has 0 spiro atoms. The molecule has 1 fully saturated rings. The van der Waals surface area contributed by atoms with Gasteiger partial charge in [0.1, 0.15) is 28.2 Å². The molecule has 26 heavy (non-hydrogen) atoms. The molecule has 1 aromatic heterocycles. The molecule has 0 N–H and O–H groups in total. The summed E-state index contributed by atoms with van der Waals surface area (Å²) < 4.78 is 58.7. The highest BCUT2D eigenvalue weighted by atomic mass is 32.2. The number of anilines is 1. The zero-order valence-corrected chi connectivity index (χ0v) is 15.1. The summed E-state index contributed by atoms with van der Waals surface area (Å²) >= 11 is 0. The van der Waals surface area contributed by atoms with Crippen molar-refractivity contribution in [3.63, 3.8) is 0 Å². The fourth-order valence-corrected chi connectivity index (χ4v) is 4.26. The minimum absolute atomic E-state index is 0.129. The Morgan fingerprint density at radius 2 is 1.77 bits per heavy atom. The van der Waals surface area contributed by atoms with Crippen molar-refractivity contribution in [1.82, 2.24) is 14.3 Å². The van der Waals surface area contributed by atoms with E-state index < -0.39 is 26.6 Å². The van der Waals surface area contributed by atoms with Crippen LogP contribution < -0.4 is 9.64 Å². The SMILES string of the molecule is COc1cc(N2CCN(S(=O)(=O)c3cc(F)ccc3F)CC2)nc(C)n1. The van der Waals surface area contributed by atoms with Crippen molar-refractivity contribution < 1.29 is 21.9 Å². The monoisotopic (exact) mass is 384 g/mol. The Hall–Kier alpha value is -2.33. The minimum atomic E-state index is -4.11. The summed E-state index contributed by atoms with van der Waals surface area (Å²) in [5, 5.41) is 0. The van der Waals surface area contributed by atoms with Crippen molar-refractivity contribution in [3.05, 3.63) is 41.7 Å². The molecule has 1 saturated heterocycles. The van der Waals surface area contributed by atoms with E-state index in [0.29, 0.717) is 36.7 Å². The summed E-state index contributed by atoms with van der Waals surface area (Å²) in [5.41, 5.74) is 0. The number of rotatable bonds is 4. The molecule has 2 heterocycles. The molecular weight excluding hydrogens is 366 g/mol. The van der Waals surface area contributed by atoms with E-state index in [9.17, 15) is 17.2 Å². The second-order valence-corrected chi connectivity index (χ2v) is 7.69. The molecule has 0 atom stereocenters. The summed E-state index contributed by atoms with van der Waals surface area (Å²) in [6.45, 7) is 2.71. The zero-order valence-electron chi connectivity index (χ0n) is 14.3. The fraction of sp³-hybridized carbons (Fsp3) is 0.375. The summed E-state index contributed by atoms with van der Waals surface area (Å²) in [7, 11) is -2.60. The highest BCUT2D eigenvalue weighted by molar-refractivity contribution is 7.89. The molecular formula is C16H18F2N4O3S. The van der Waals surface area contributed by atoms with E-state index in [4.69, 9.17) is 4.74 Å². The number of benzene rings is 1. The number of aryl methyl sites for hydroxylation is 1. The van der Waals surface area contributed by atoms with Crippen LogP contribution in [0.15, 0.2) is 29.2 Å². The number of hydrogen-bond acceptors (Lipinski definition) is 6. The molecule has 0 radical (unpaired) electrons. The van der Waals surface area contributed by atoms with Gasteiger partial charge in [-0.3, -0.25) is 0 Å². The molecule has 0 saturated carbocycles. The van der Waals surface area contributed by atoms with Crippen LogP contribution in [-0.2, 0) is 10.0 Å². The first-order valence-corrected chi connectivity index (χ1v) is 9.35. The Labute approximate surface area is 150 Å². The predicted molar refractivity (Wildman–Crippen MR) is 90.7 cm³/mol. The molecule has 1 aromatic carbocycles. The molecule has 0 bridgehead atoms. The van der Waals surface area contributed by atoms with E-state index in [-0.39, 0.29) is 13.1 Å². The third-order valence-electron chi connectivity index (χ3n) is 4.08. The summed E-state index contributed by atoms with van der Waals surface area (Å²) in [5.74, 6) is -0.180. The molecule has 1 aliphatic rings. The lowest BCUT2D eigenvalue weighted by Crippen LogP contribution is -2.49. The summed E-state index contributed by atoms with van der Waals surface area (Å²) in [6.07, 6.45) is 0.